The van der Waals surface area contributed by atoms with Crippen LogP contribution in [-0.2, 0) is 6.42 Å². The summed E-state index contributed by atoms with van der Waals surface area (Å²) in [4.78, 5) is 0. The maximum Gasteiger partial charge on any atom is 0.0953 e. The monoisotopic (exact) mass is 194 g/mol. The molecule has 1 N–H and O–H groups in total. The molecule has 0 radical (unpaired) electrons. The average Bonchev–Trinajstić information content (AvgIpc) is 2.15. The predicted octanol–water partition coefficient (Wildman–Crippen LogP) is 2.85. The van der Waals surface area contributed by atoms with Gasteiger partial charge in [0.15, 0.2) is 0 Å². The highest BCUT2D eigenvalue weighted by Crippen LogP contribution is 2.11. The number of rotatable bonds is 5. The van der Waals surface area contributed by atoms with Crippen LogP contribution in [0.4, 0.5) is 4.39 Å². The fourth-order valence-electron chi connectivity index (χ4n) is 1.34. The largest absolute Gasteiger partial charge is 0.393 e. The highest BCUT2D eigenvalue weighted by Gasteiger charge is 2.05. The van der Waals surface area contributed by atoms with Crippen LogP contribution in [0.3, 0.4) is 0 Å². The van der Waals surface area contributed by atoms with Gasteiger partial charge in [-0.15, -0.1) is 0 Å². The van der Waals surface area contributed by atoms with E-state index in [0.717, 1.165) is 12.0 Å². The average molecular weight is 194 g/mol. The van der Waals surface area contributed by atoms with Crippen molar-refractivity contribution in [3.05, 3.63) is 48.3 Å². The normalized spacial score (nSPS) is 12.4. The van der Waals surface area contributed by atoms with Crippen LogP contribution in [-0.4, -0.2) is 11.2 Å². The van der Waals surface area contributed by atoms with E-state index in [4.69, 9.17) is 0 Å². The summed E-state index contributed by atoms with van der Waals surface area (Å²) in [6, 6.07) is 9.85. The van der Waals surface area contributed by atoms with Crippen molar-refractivity contribution in [3.8, 4) is 0 Å². The van der Waals surface area contributed by atoms with Gasteiger partial charge in [0, 0.05) is 6.42 Å². The zero-order valence-electron chi connectivity index (χ0n) is 8.12. The van der Waals surface area contributed by atoms with Crippen LogP contribution in [0.15, 0.2) is 42.7 Å². The molecule has 0 aliphatic rings. The molecule has 0 saturated heterocycles. The van der Waals surface area contributed by atoms with Crippen LogP contribution in [0, 0.1) is 0 Å². The molecule has 2 heteroatoms. The van der Waals surface area contributed by atoms with E-state index in [0.29, 0.717) is 6.42 Å². The lowest BCUT2D eigenvalue weighted by Gasteiger charge is -2.08. The SMILES string of the molecule is C=C(F)CC(O)CCc1ccccc1. The summed E-state index contributed by atoms with van der Waals surface area (Å²) in [7, 11) is 0. The van der Waals surface area contributed by atoms with E-state index in [2.05, 4.69) is 6.58 Å². The van der Waals surface area contributed by atoms with Gasteiger partial charge in [-0.3, -0.25) is 0 Å². The van der Waals surface area contributed by atoms with Gasteiger partial charge in [0.1, 0.15) is 0 Å². The Morgan fingerprint density at radius 3 is 2.57 bits per heavy atom. The number of hydrogen-bond donors (Lipinski definition) is 1. The van der Waals surface area contributed by atoms with Gasteiger partial charge in [-0.2, -0.15) is 0 Å². The van der Waals surface area contributed by atoms with Crippen molar-refractivity contribution < 1.29 is 9.50 Å². The van der Waals surface area contributed by atoms with Crippen molar-refractivity contribution in [2.45, 2.75) is 25.4 Å². The van der Waals surface area contributed by atoms with Crippen LogP contribution in [0.2, 0.25) is 0 Å². The number of hydrogen-bond acceptors (Lipinski definition) is 1. The molecule has 0 saturated carbocycles. The maximum absolute atomic E-state index is 12.3. The molecule has 14 heavy (non-hydrogen) atoms. The van der Waals surface area contributed by atoms with Crippen molar-refractivity contribution >= 4 is 0 Å². The Hall–Kier alpha value is -1.15. The maximum atomic E-state index is 12.3. The molecular formula is C12H15FO. The fourth-order valence-corrected chi connectivity index (χ4v) is 1.34. The molecule has 0 aromatic heterocycles. The zero-order valence-corrected chi connectivity index (χ0v) is 8.12. The summed E-state index contributed by atoms with van der Waals surface area (Å²) in [5, 5.41) is 9.38. The Labute approximate surface area is 83.9 Å². The lowest BCUT2D eigenvalue weighted by atomic mass is 10.1. The third-order valence-electron chi connectivity index (χ3n) is 2.07. The summed E-state index contributed by atoms with van der Waals surface area (Å²) in [6.07, 6.45) is 0.780. The molecule has 0 amide bonds. The summed E-state index contributed by atoms with van der Waals surface area (Å²) in [6.45, 7) is 3.12. The van der Waals surface area contributed by atoms with E-state index in [-0.39, 0.29) is 6.42 Å². The first-order valence-electron chi connectivity index (χ1n) is 4.74. The summed E-state index contributed by atoms with van der Waals surface area (Å²) in [5.74, 6) is -0.453. The van der Waals surface area contributed by atoms with Crippen molar-refractivity contribution in [3.63, 3.8) is 0 Å². The molecule has 1 nitrogen and oxygen atoms in total. The zero-order chi connectivity index (χ0) is 10.4. The lowest BCUT2D eigenvalue weighted by molar-refractivity contribution is 0.158. The molecule has 0 fully saturated rings. The first-order chi connectivity index (χ1) is 6.68. The summed E-state index contributed by atoms with van der Waals surface area (Å²) >= 11 is 0. The Morgan fingerprint density at radius 2 is 2.00 bits per heavy atom. The van der Waals surface area contributed by atoms with E-state index in [1.165, 1.54) is 0 Å². The molecule has 1 atom stereocenters. The summed E-state index contributed by atoms with van der Waals surface area (Å²) in [5.41, 5.74) is 1.16. The second kappa shape index (κ2) is 5.55. The van der Waals surface area contributed by atoms with Crippen molar-refractivity contribution in [2.24, 2.45) is 0 Å². The third kappa shape index (κ3) is 4.19. The lowest BCUT2D eigenvalue weighted by Crippen LogP contribution is -2.07. The fraction of sp³-hybridized carbons (Fsp3) is 0.333. The smallest absolute Gasteiger partial charge is 0.0953 e. The van der Waals surface area contributed by atoms with Gasteiger partial charge in [-0.05, 0) is 18.4 Å². The molecule has 1 rings (SSSR count). The number of benzene rings is 1. The third-order valence-corrected chi connectivity index (χ3v) is 2.07. The minimum absolute atomic E-state index is 0.0484. The first-order valence-corrected chi connectivity index (χ1v) is 4.74. The van der Waals surface area contributed by atoms with Gasteiger partial charge in [0.05, 0.1) is 11.9 Å². The van der Waals surface area contributed by atoms with Gasteiger partial charge < -0.3 is 5.11 Å². The quantitative estimate of drug-likeness (QED) is 0.764. The number of halogens is 1. The Kier molecular flexibility index (Phi) is 4.33. The van der Waals surface area contributed by atoms with Gasteiger partial charge in [0.2, 0.25) is 0 Å². The van der Waals surface area contributed by atoms with Crippen LogP contribution < -0.4 is 0 Å². The van der Waals surface area contributed by atoms with Crippen LogP contribution in [0.1, 0.15) is 18.4 Å². The molecule has 0 spiro atoms. The second-order valence-electron chi connectivity index (χ2n) is 3.40. The number of aryl methyl sites for hydroxylation is 1. The van der Waals surface area contributed by atoms with Gasteiger partial charge in [-0.1, -0.05) is 36.9 Å². The molecule has 1 unspecified atom stereocenters. The number of aliphatic hydroxyl groups is 1. The molecule has 1 aromatic carbocycles. The van der Waals surface area contributed by atoms with E-state index in [1.807, 2.05) is 30.3 Å². The van der Waals surface area contributed by atoms with Gasteiger partial charge in [-0.25, -0.2) is 4.39 Å². The molecular weight excluding hydrogens is 179 g/mol. The molecule has 0 aliphatic heterocycles. The van der Waals surface area contributed by atoms with Crippen LogP contribution in [0.25, 0.3) is 0 Å². The molecule has 0 bridgehead atoms. The Morgan fingerprint density at radius 1 is 1.36 bits per heavy atom. The molecule has 1 aromatic rings. The van der Waals surface area contributed by atoms with Crippen LogP contribution >= 0.6 is 0 Å². The highest BCUT2D eigenvalue weighted by atomic mass is 19.1. The van der Waals surface area contributed by atoms with E-state index in [9.17, 15) is 9.50 Å². The number of aliphatic hydroxyl groups excluding tert-OH is 1. The molecule has 0 aliphatic carbocycles. The van der Waals surface area contributed by atoms with E-state index < -0.39 is 11.9 Å². The predicted molar refractivity (Wildman–Crippen MR) is 55.6 cm³/mol. The van der Waals surface area contributed by atoms with Crippen molar-refractivity contribution in [1.29, 1.82) is 0 Å². The Bertz CT molecular complexity index is 282. The first kappa shape index (κ1) is 10.9. The molecule has 0 heterocycles. The van der Waals surface area contributed by atoms with Crippen molar-refractivity contribution in [2.75, 3.05) is 0 Å². The summed E-state index contributed by atoms with van der Waals surface area (Å²) < 4.78 is 12.3. The minimum atomic E-state index is -0.618. The molecule has 76 valence electrons. The van der Waals surface area contributed by atoms with Gasteiger partial charge >= 0.3 is 0 Å². The standard InChI is InChI=1S/C12H15FO/c1-10(13)9-12(14)8-7-11-5-3-2-4-6-11/h2-6,12,14H,1,7-9H2. The minimum Gasteiger partial charge on any atom is -0.393 e. The van der Waals surface area contributed by atoms with E-state index in [1.54, 1.807) is 0 Å². The van der Waals surface area contributed by atoms with E-state index >= 15 is 0 Å². The Balaban J connectivity index is 2.30. The topological polar surface area (TPSA) is 20.2 Å². The highest BCUT2D eigenvalue weighted by molar-refractivity contribution is 5.14. The van der Waals surface area contributed by atoms with Crippen molar-refractivity contribution in [1.82, 2.24) is 0 Å². The van der Waals surface area contributed by atoms with Gasteiger partial charge in [0.25, 0.3) is 0 Å². The van der Waals surface area contributed by atoms with Crippen LogP contribution in [0.5, 0.6) is 0 Å². The second-order valence-corrected chi connectivity index (χ2v) is 3.40.